The molecule has 1 aromatic rings. The lowest BCUT2D eigenvalue weighted by molar-refractivity contribution is -0.133. The van der Waals surface area contributed by atoms with Crippen LogP contribution in [0.15, 0.2) is 18.3 Å². The second-order valence-electron chi connectivity index (χ2n) is 6.01. The summed E-state index contributed by atoms with van der Waals surface area (Å²) in [7, 11) is 0. The molecule has 1 saturated heterocycles. The fourth-order valence-corrected chi connectivity index (χ4v) is 2.88. The Balaban J connectivity index is 1.74. The quantitative estimate of drug-likeness (QED) is 0.875. The predicted octanol–water partition coefficient (Wildman–Crippen LogP) is 2.71. The third-order valence-corrected chi connectivity index (χ3v) is 4.08. The maximum Gasteiger partial charge on any atom is 0.222 e. The number of nitrogens with one attached hydrogen (secondary N) is 1. The Morgan fingerprint density at radius 1 is 1.48 bits per heavy atom. The molecule has 0 saturated carbocycles. The van der Waals surface area contributed by atoms with E-state index in [1.807, 2.05) is 17.0 Å². The van der Waals surface area contributed by atoms with Gasteiger partial charge in [-0.25, -0.2) is 0 Å². The zero-order valence-electron chi connectivity index (χ0n) is 13.1. The van der Waals surface area contributed by atoms with E-state index in [-0.39, 0.29) is 0 Å². The van der Waals surface area contributed by atoms with Crippen molar-refractivity contribution in [1.29, 1.82) is 0 Å². The van der Waals surface area contributed by atoms with Crippen molar-refractivity contribution in [2.45, 2.75) is 52.0 Å². The Morgan fingerprint density at radius 2 is 2.24 bits per heavy atom. The third-order valence-electron chi connectivity index (χ3n) is 4.08. The Hall–Kier alpha value is -1.65. The summed E-state index contributed by atoms with van der Waals surface area (Å²) >= 11 is 0. The van der Waals surface area contributed by atoms with E-state index in [1.54, 1.807) is 6.20 Å². The molecule has 5 nitrogen and oxygen atoms in total. The first-order valence-corrected chi connectivity index (χ1v) is 8.01. The largest absolute Gasteiger partial charge is 0.366 e. The summed E-state index contributed by atoms with van der Waals surface area (Å²) in [6, 6.07) is 4.19. The highest BCUT2D eigenvalue weighted by atomic mass is 16.2. The van der Waals surface area contributed by atoms with Gasteiger partial charge in [-0.1, -0.05) is 26.7 Å². The number of likely N-dealkylation sites (tertiary alicyclic amines) is 1. The SMILES string of the molecule is CCC[C@H](C)CC(=O)N1CCC(Nc2cccnn2)CC1. The highest BCUT2D eigenvalue weighted by Crippen LogP contribution is 2.18. The van der Waals surface area contributed by atoms with Gasteiger partial charge in [0.25, 0.3) is 0 Å². The molecule has 0 aromatic carbocycles. The van der Waals surface area contributed by atoms with Crippen molar-refractivity contribution in [2.24, 2.45) is 5.92 Å². The molecule has 1 fully saturated rings. The normalized spacial score (nSPS) is 17.5. The van der Waals surface area contributed by atoms with E-state index in [2.05, 4.69) is 29.4 Å². The minimum absolute atomic E-state index is 0.314. The van der Waals surface area contributed by atoms with Crippen LogP contribution in [0.25, 0.3) is 0 Å². The zero-order valence-corrected chi connectivity index (χ0v) is 13.1. The average Bonchev–Trinajstić information content (AvgIpc) is 2.49. The molecule has 1 aliphatic heterocycles. The molecule has 5 heteroatoms. The van der Waals surface area contributed by atoms with Crippen LogP contribution < -0.4 is 5.32 Å². The van der Waals surface area contributed by atoms with Crippen LogP contribution in [-0.4, -0.2) is 40.1 Å². The third kappa shape index (κ3) is 4.99. The number of carbonyl (C=O) groups excluding carboxylic acids is 1. The first kappa shape index (κ1) is 15.7. The minimum Gasteiger partial charge on any atom is -0.366 e. The predicted molar refractivity (Wildman–Crippen MR) is 83.9 cm³/mol. The van der Waals surface area contributed by atoms with Gasteiger partial charge < -0.3 is 10.2 Å². The van der Waals surface area contributed by atoms with E-state index in [0.29, 0.717) is 24.3 Å². The number of hydrogen-bond acceptors (Lipinski definition) is 4. The maximum atomic E-state index is 12.2. The van der Waals surface area contributed by atoms with Crippen LogP contribution in [0.4, 0.5) is 5.82 Å². The van der Waals surface area contributed by atoms with Crippen molar-refractivity contribution in [3.63, 3.8) is 0 Å². The number of nitrogens with zero attached hydrogens (tertiary/aromatic N) is 3. The van der Waals surface area contributed by atoms with E-state index in [0.717, 1.165) is 44.6 Å². The van der Waals surface area contributed by atoms with Crippen LogP contribution in [0.3, 0.4) is 0 Å². The van der Waals surface area contributed by atoms with E-state index in [9.17, 15) is 4.79 Å². The van der Waals surface area contributed by atoms with Gasteiger partial charge in [-0.2, -0.15) is 5.10 Å². The minimum atomic E-state index is 0.314. The summed E-state index contributed by atoms with van der Waals surface area (Å²) in [6.45, 7) is 6.03. The highest BCUT2D eigenvalue weighted by molar-refractivity contribution is 5.76. The smallest absolute Gasteiger partial charge is 0.222 e. The number of anilines is 1. The Kier molecular flexibility index (Phi) is 5.96. The Labute approximate surface area is 127 Å². The van der Waals surface area contributed by atoms with Gasteiger partial charge in [0.15, 0.2) is 0 Å². The van der Waals surface area contributed by atoms with Gasteiger partial charge >= 0.3 is 0 Å². The summed E-state index contributed by atoms with van der Waals surface area (Å²) in [5.74, 6) is 1.63. The van der Waals surface area contributed by atoms with Crippen molar-refractivity contribution >= 4 is 11.7 Å². The Morgan fingerprint density at radius 3 is 2.86 bits per heavy atom. The highest BCUT2D eigenvalue weighted by Gasteiger charge is 2.23. The fourth-order valence-electron chi connectivity index (χ4n) is 2.88. The zero-order chi connectivity index (χ0) is 15.1. The van der Waals surface area contributed by atoms with Crippen molar-refractivity contribution in [1.82, 2.24) is 15.1 Å². The number of amides is 1. The van der Waals surface area contributed by atoms with E-state index in [1.165, 1.54) is 0 Å². The number of hydrogen-bond donors (Lipinski definition) is 1. The second-order valence-corrected chi connectivity index (χ2v) is 6.01. The standard InChI is InChI=1S/C16H26N4O/c1-3-5-13(2)12-16(21)20-10-7-14(8-11-20)18-15-6-4-9-17-19-15/h4,6,9,13-14H,3,5,7-8,10-12H2,1-2H3,(H,18,19)/t13-/m0/s1. The van der Waals surface area contributed by atoms with Gasteiger partial charge in [0.1, 0.15) is 5.82 Å². The van der Waals surface area contributed by atoms with Crippen molar-refractivity contribution in [3.05, 3.63) is 18.3 Å². The van der Waals surface area contributed by atoms with E-state index in [4.69, 9.17) is 0 Å². The van der Waals surface area contributed by atoms with Crippen molar-refractivity contribution in [2.75, 3.05) is 18.4 Å². The van der Waals surface area contributed by atoms with Gasteiger partial charge in [-0.15, -0.1) is 5.10 Å². The van der Waals surface area contributed by atoms with Gasteiger partial charge in [0.05, 0.1) is 0 Å². The molecule has 0 bridgehead atoms. The van der Waals surface area contributed by atoms with Crippen LogP contribution in [0, 0.1) is 5.92 Å². The summed E-state index contributed by atoms with van der Waals surface area (Å²) in [4.78, 5) is 14.2. The molecule has 0 unspecified atom stereocenters. The molecule has 116 valence electrons. The lowest BCUT2D eigenvalue weighted by Gasteiger charge is -2.33. The van der Waals surface area contributed by atoms with Gasteiger partial charge in [-0.05, 0) is 30.9 Å². The molecule has 21 heavy (non-hydrogen) atoms. The first-order chi connectivity index (χ1) is 10.2. The Bertz CT molecular complexity index is 429. The molecule has 0 aliphatic carbocycles. The van der Waals surface area contributed by atoms with Crippen LogP contribution in [0.2, 0.25) is 0 Å². The summed E-state index contributed by atoms with van der Waals surface area (Å²) in [5, 5.41) is 11.3. The molecule has 2 rings (SSSR count). The molecule has 1 amide bonds. The topological polar surface area (TPSA) is 58.1 Å². The lowest BCUT2D eigenvalue weighted by Crippen LogP contribution is -2.42. The monoisotopic (exact) mass is 290 g/mol. The van der Waals surface area contributed by atoms with Crippen LogP contribution in [0.1, 0.15) is 46.0 Å². The summed E-state index contributed by atoms with van der Waals surface area (Å²) in [5.41, 5.74) is 0. The fraction of sp³-hybridized carbons (Fsp3) is 0.688. The van der Waals surface area contributed by atoms with Crippen LogP contribution in [-0.2, 0) is 4.79 Å². The van der Waals surface area contributed by atoms with Crippen LogP contribution in [0.5, 0.6) is 0 Å². The molecule has 0 spiro atoms. The first-order valence-electron chi connectivity index (χ1n) is 8.01. The lowest BCUT2D eigenvalue weighted by atomic mass is 9.99. The van der Waals surface area contributed by atoms with Gasteiger partial charge in [-0.3, -0.25) is 4.79 Å². The second kappa shape index (κ2) is 7.96. The molecule has 1 atom stereocenters. The van der Waals surface area contributed by atoms with Crippen LogP contribution >= 0.6 is 0 Å². The molecular weight excluding hydrogens is 264 g/mol. The molecule has 2 heterocycles. The average molecular weight is 290 g/mol. The number of piperidine rings is 1. The summed E-state index contributed by atoms with van der Waals surface area (Å²) < 4.78 is 0. The molecule has 1 N–H and O–H groups in total. The van der Waals surface area contributed by atoms with E-state index < -0.39 is 0 Å². The molecule has 1 aromatic heterocycles. The van der Waals surface area contributed by atoms with Gasteiger partial charge in [0, 0.05) is 31.7 Å². The van der Waals surface area contributed by atoms with E-state index >= 15 is 0 Å². The van der Waals surface area contributed by atoms with Crippen molar-refractivity contribution in [3.8, 4) is 0 Å². The van der Waals surface area contributed by atoms with Crippen molar-refractivity contribution < 1.29 is 4.79 Å². The number of aromatic nitrogens is 2. The molecule has 0 radical (unpaired) electrons. The molecular formula is C16H26N4O. The maximum absolute atomic E-state index is 12.2. The number of carbonyl (C=O) groups is 1. The number of rotatable bonds is 6. The molecule has 1 aliphatic rings. The summed E-state index contributed by atoms with van der Waals surface area (Å²) in [6.07, 6.45) is 6.60. The van der Waals surface area contributed by atoms with Gasteiger partial charge in [0.2, 0.25) is 5.91 Å².